The summed E-state index contributed by atoms with van der Waals surface area (Å²) in [7, 11) is 0. The van der Waals surface area contributed by atoms with E-state index in [2.05, 4.69) is 33.2 Å². The molecule has 8 heteroatoms. The van der Waals surface area contributed by atoms with Gasteiger partial charge in [0.25, 0.3) is 6.01 Å². The van der Waals surface area contributed by atoms with Gasteiger partial charge in [0.05, 0.1) is 22.2 Å². The van der Waals surface area contributed by atoms with Crippen molar-refractivity contribution < 1.29 is 19.4 Å². The van der Waals surface area contributed by atoms with Crippen molar-refractivity contribution >= 4 is 40.1 Å². The van der Waals surface area contributed by atoms with Crippen LogP contribution < -0.4 is 4.74 Å². The molecule has 2 aromatic heterocycles. The molecule has 1 fully saturated rings. The van der Waals surface area contributed by atoms with Gasteiger partial charge < -0.3 is 19.6 Å². The number of nitrogens with one attached hydrogen (secondary N) is 1. The van der Waals surface area contributed by atoms with Gasteiger partial charge in [0.1, 0.15) is 11.9 Å². The maximum Gasteiger partial charge on any atom is 0.306 e. The quantitative estimate of drug-likeness (QED) is 0.451. The van der Waals surface area contributed by atoms with E-state index in [1.807, 2.05) is 12.1 Å². The molecular formula is C26H26ClN3O4. The van der Waals surface area contributed by atoms with Gasteiger partial charge in [-0.1, -0.05) is 41.9 Å². The summed E-state index contributed by atoms with van der Waals surface area (Å²) in [6.07, 6.45) is 6.69. The van der Waals surface area contributed by atoms with Gasteiger partial charge in [-0.3, -0.25) is 4.79 Å². The summed E-state index contributed by atoms with van der Waals surface area (Å²) in [5, 5.41) is 9.52. The molecule has 2 heterocycles. The highest BCUT2D eigenvalue weighted by Crippen LogP contribution is 2.35. The first kappa shape index (κ1) is 22.6. The minimum Gasteiger partial charge on any atom is -0.481 e. The Balaban J connectivity index is 1.30. The summed E-state index contributed by atoms with van der Waals surface area (Å²) in [5.74, 6) is -0.410. The number of carboxylic acids is 1. The van der Waals surface area contributed by atoms with E-state index in [1.54, 1.807) is 13.0 Å². The first-order chi connectivity index (χ1) is 16.4. The maximum atomic E-state index is 11.4. The van der Waals surface area contributed by atoms with Crippen LogP contribution in [0.15, 0.2) is 36.4 Å². The molecule has 1 saturated carbocycles. The number of halogens is 1. The molecule has 1 aromatic carbocycles. The number of fused-ring (bicyclic) bond motifs is 1. The van der Waals surface area contributed by atoms with E-state index in [0.29, 0.717) is 53.1 Å². The number of Topliss-reactive ketones (excluding diaryl/α,β-unsaturated/α-hetero) is 1. The van der Waals surface area contributed by atoms with Crippen molar-refractivity contribution in [1.29, 1.82) is 0 Å². The number of allylic oxidation sites excluding steroid dienone is 2. The lowest BCUT2D eigenvalue weighted by atomic mass is 9.82. The normalized spacial score (nSPS) is 22.2. The number of ether oxygens (including phenoxy) is 1. The fourth-order valence-electron chi connectivity index (χ4n) is 4.76. The number of nitrogens with zero attached hydrogens (tertiary/aromatic N) is 2. The van der Waals surface area contributed by atoms with Gasteiger partial charge >= 0.3 is 5.97 Å². The van der Waals surface area contributed by atoms with Crippen molar-refractivity contribution in [2.75, 3.05) is 0 Å². The van der Waals surface area contributed by atoms with E-state index in [4.69, 9.17) is 21.4 Å². The Morgan fingerprint density at radius 3 is 2.56 bits per heavy atom. The number of aromatic nitrogens is 3. The first-order valence-electron chi connectivity index (χ1n) is 11.6. The van der Waals surface area contributed by atoms with Gasteiger partial charge in [0.2, 0.25) is 0 Å². The highest BCUT2D eigenvalue weighted by Gasteiger charge is 2.36. The third-order valence-electron chi connectivity index (χ3n) is 6.75. The number of H-pyrrole nitrogens is 1. The molecule has 0 saturated heterocycles. The van der Waals surface area contributed by atoms with Gasteiger partial charge in [-0.05, 0) is 62.1 Å². The van der Waals surface area contributed by atoms with E-state index in [0.717, 1.165) is 24.8 Å². The smallest absolute Gasteiger partial charge is 0.306 e. The van der Waals surface area contributed by atoms with Crippen molar-refractivity contribution in [3.63, 3.8) is 0 Å². The lowest BCUT2D eigenvalue weighted by molar-refractivity contribution is -0.148. The number of aromatic amines is 1. The number of carbonyl (C=O) groups excluding carboxylic acids is 1. The Morgan fingerprint density at radius 2 is 1.91 bits per heavy atom. The Morgan fingerprint density at radius 1 is 1.18 bits per heavy atom. The molecule has 0 spiro atoms. The summed E-state index contributed by atoms with van der Waals surface area (Å²) in [4.78, 5) is 34.5. The second kappa shape index (κ2) is 9.22. The molecule has 2 aliphatic carbocycles. The second-order valence-corrected chi connectivity index (χ2v) is 9.74. The third-order valence-corrected chi connectivity index (χ3v) is 7.04. The summed E-state index contributed by atoms with van der Waals surface area (Å²) in [5.41, 5.74) is 5.21. The van der Waals surface area contributed by atoms with Crippen LogP contribution in [-0.4, -0.2) is 37.9 Å². The molecule has 0 amide bonds. The minimum atomic E-state index is -0.787. The maximum absolute atomic E-state index is 11.4. The van der Waals surface area contributed by atoms with Gasteiger partial charge in [-0.25, -0.2) is 4.98 Å². The Hall–Kier alpha value is -3.19. The van der Waals surface area contributed by atoms with E-state index in [-0.39, 0.29) is 17.8 Å². The molecule has 3 aromatic rings. The summed E-state index contributed by atoms with van der Waals surface area (Å²) in [6.45, 7) is 1.66. The Kier molecular flexibility index (Phi) is 6.13. The fraction of sp³-hybridized carbons (Fsp3) is 0.385. The standard InChI is InChI=1S/C26H26ClN3O4/c1-14(31)10-15-2-4-16(5-3-15)17-6-8-18(9-7-17)23-21(27)13-22-24(29-23)30-26(28-22)34-20-11-19(12-20)25(32)33/h4,6-9,13,15,19-20H,2-3,5,10-12H2,1H3,(H,32,33)(H,28,29,30). The zero-order valence-corrected chi connectivity index (χ0v) is 19.6. The number of ketones is 1. The summed E-state index contributed by atoms with van der Waals surface area (Å²) >= 11 is 6.54. The average molecular weight is 480 g/mol. The molecule has 7 nitrogen and oxygen atoms in total. The SMILES string of the molecule is CC(=O)CC1CC=C(c2ccc(-c3nc4nc(OC5CC(C(=O)O)C5)[nH]c4cc3Cl)cc2)CC1. The lowest BCUT2D eigenvalue weighted by Crippen LogP contribution is -2.38. The number of carbonyl (C=O) groups is 2. The minimum absolute atomic E-state index is 0.156. The summed E-state index contributed by atoms with van der Waals surface area (Å²) in [6, 6.07) is 10.3. The van der Waals surface area contributed by atoms with E-state index < -0.39 is 5.97 Å². The number of hydrogen-bond donors (Lipinski definition) is 2. The Bertz CT molecular complexity index is 1280. The predicted octanol–water partition coefficient (Wildman–Crippen LogP) is 5.68. The largest absolute Gasteiger partial charge is 0.481 e. The molecule has 2 aliphatic rings. The van der Waals surface area contributed by atoms with Crippen LogP contribution in [0.2, 0.25) is 5.02 Å². The number of pyridine rings is 1. The van der Waals surface area contributed by atoms with Crippen molar-refractivity contribution in [3.8, 4) is 17.3 Å². The molecule has 0 radical (unpaired) electrons. The average Bonchev–Trinajstić information content (AvgIpc) is 3.16. The van der Waals surface area contributed by atoms with Gasteiger partial charge in [-0.2, -0.15) is 4.98 Å². The zero-order valence-electron chi connectivity index (χ0n) is 18.9. The molecule has 176 valence electrons. The molecule has 1 unspecified atom stereocenters. The highest BCUT2D eigenvalue weighted by molar-refractivity contribution is 6.33. The van der Waals surface area contributed by atoms with Crippen LogP contribution in [-0.2, 0) is 9.59 Å². The molecule has 5 rings (SSSR count). The number of hydrogen-bond acceptors (Lipinski definition) is 5. The number of imidazole rings is 1. The van der Waals surface area contributed by atoms with Crippen molar-refractivity contribution in [2.24, 2.45) is 11.8 Å². The molecular weight excluding hydrogens is 454 g/mol. The molecule has 0 bridgehead atoms. The molecule has 0 aliphatic heterocycles. The van der Waals surface area contributed by atoms with E-state index >= 15 is 0 Å². The van der Waals surface area contributed by atoms with Crippen molar-refractivity contribution in [1.82, 2.24) is 15.0 Å². The number of benzene rings is 1. The van der Waals surface area contributed by atoms with Gasteiger partial charge in [0, 0.05) is 12.0 Å². The second-order valence-electron chi connectivity index (χ2n) is 9.33. The van der Waals surface area contributed by atoms with Crippen LogP contribution in [0.25, 0.3) is 28.0 Å². The summed E-state index contributed by atoms with van der Waals surface area (Å²) < 4.78 is 5.77. The van der Waals surface area contributed by atoms with Gasteiger partial charge in [0.15, 0.2) is 5.65 Å². The molecule has 2 N–H and O–H groups in total. The number of carboxylic acid groups (broad SMARTS) is 1. The number of rotatable bonds is 7. The third kappa shape index (κ3) is 4.71. The van der Waals surface area contributed by atoms with Crippen LogP contribution in [0.1, 0.15) is 51.0 Å². The van der Waals surface area contributed by atoms with Crippen molar-refractivity contribution in [2.45, 2.75) is 51.6 Å². The van der Waals surface area contributed by atoms with Crippen LogP contribution in [0.3, 0.4) is 0 Å². The van der Waals surface area contributed by atoms with E-state index in [9.17, 15) is 9.59 Å². The molecule has 34 heavy (non-hydrogen) atoms. The van der Waals surface area contributed by atoms with Crippen LogP contribution in [0, 0.1) is 11.8 Å². The van der Waals surface area contributed by atoms with Crippen LogP contribution in [0.4, 0.5) is 0 Å². The fourth-order valence-corrected chi connectivity index (χ4v) is 5.02. The topological polar surface area (TPSA) is 105 Å². The Labute approximate surface area is 202 Å². The van der Waals surface area contributed by atoms with Gasteiger partial charge in [-0.15, -0.1) is 0 Å². The first-order valence-corrected chi connectivity index (χ1v) is 12.0. The van der Waals surface area contributed by atoms with Crippen LogP contribution in [0.5, 0.6) is 6.01 Å². The predicted molar refractivity (Wildman–Crippen MR) is 130 cm³/mol. The number of aliphatic carboxylic acids is 1. The monoisotopic (exact) mass is 479 g/mol. The van der Waals surface area contributed by atoms with E-state index in [1.165, 1.54) is 11.1 Å². The zero-order chi connectivity index (χ0) is 23.8. The highest BCUT2D eigenvalue weighted by atomic mass is 35.5. The lowest BCUT2D eigenvalue weighted by Gasteiger charge is -2.31. The molecule has 1 atom stereocenters. The van der Waals surface area contributed by atoms with Crippen molar-refractivity contribution in [3.05, 3.63) is 47.0 Å². The van der Waals surface area contributed by atoms with Crippen LogP contribution >= 0.6 is 11.6 Å².